The number of thioether (sulfide) groups is 1. The predicted octanol–water partition coefficient (Wildman–Crippen LogP) is 2.44. The van der Waals surface area contributed by atoms with Crippen molar-refractivity contribution in [1.82, 2.24) is 10.5 Å². The third kappa shape index (κ3) is 4.42. The van der Waals surface area contributed by atoms with Crippen LogP contribution in [0.1, 0.15) is 37.3 Å². The fraction of sp³-hybridized carbons (Fsp3) is 0.667. The molecule has 0 aromatic carbocycles. The van der Waals surface area contributed by atoms with E-state index in [-0.39, 0.29) is 11.9 Å². The number of nitrogens with zero attached hydrogens (tertiary/aromatic N) is 1. The fourth-order valence-electron chi connectivity index (χ4n) is 1.37. The lowest BCUT2D eigenvalue weighted by molar-refractivity contribution is -0.119. The number of nitrogens with one attached hydrogen (secondary N) is 1. The van der Waals surface area contributed by atoms with Gasteiger partial charge in [0.2, 0.25) is 5.91 Å². The molecule has 0 radical (unpaired) electrons. The second-order valence-corrected chi connectivity index (χ2v) is 5.16. The first-order valence-electron chi connectivity index (χ1n) is 5.83. The van der Waals surface area contributed by atoms with Crippen molar-refractivity contribution < 1.29 is 9.32 Å². The molecule has 0 aliphatic carbocycles. The van der Waals surface area contributed by atoms with E-state index in [0.717, 1.165) is 29.2 Å². The Morgan fingerprint density at radius 1 is 1.53 bits per heavy atom. The van der Waals surface area contributed by atoms with Crippen LogP contribution in [0.4, 0.5) is 0 Å². The molecule has 1 atom stereocenters. The van der Waals surface area contributed by atoms with Crippen LogP contribution in [0.15, 0.2) is 4.52 Å². The van der Waals surface area contributed by atoms with Crippen LogP contribution < -0.4 is 5.32 Å². The van der Waals surface area contributed by atoms with Gasteiger partial charge in [0, 0.05) is 17.4 Å². The molecule has 1 rings (SSSR count). The first-order valence-corrected chi connectivity index (χ1v) is 6.98. The summed E-state index contributed by atoms with van der Waals surface area (Å²) in [5, 5.41) is 6.83. The highest BCUT2D eigenvalue weighted by Gasteiger charge is 2.10. The molecular weight excluding hydrogens is 236 g/mol. The van der Waals surface area contributed by atoms with Crippen LogP contribution in [-0.2, 0) is 10.5 Å². The first kappa shape index (κ1) is 14.1. The van der Waals surface area contributed by atoms with Gasteiger partial charge in [0.15, 0.2) is 0 Å². The van der Waals surface area contributed by atoms with Crippen molar-refractivity contribution in [2.24, 2.45) is 0 Å². The van der Waals surface area contributed by atoms with E-state index in [1.165, 1.54) is 0 Å². The zero-order chi connectivity index (χ0) is 12.8. The maximum Gasteiger partial charge on any atom is 0.230 e. The standard InChI is InChI=1S/C12H20N2O2S/c1-5-8(2)13-12(15)7-17-6-11-9(3)14-16-10(11)4/h8H,5-7H2,1-4H3,(H,13,15)/t8-/m0/s1. The summed E-state index contributed by atoms with van der Waals surface area (Å²) in [6.07, 6.45) is 0.959. The van der Waals surface area contributed by atoms with Crippen LogP contribution in [0.3, 0.4) is 0 Å². The van der Waals surface area contributed by atoms with E-state index < -0.39 is 0 Å². The van der Waals surface area contributed by atoms with Gasteiger partial charge in [-0.2, -0.15) is 0 Å². The van der Waals surface area contributed by atoms with E-state index in [2.05, 4.69) is 17.4 Å². The van der Waals surface area contributed by atoms with Crippen molar-refractivity contribution >= 4 is 17.7 Å². The molecule has 0 aliphatic heterocycles. The van der Waals surface area contributed by atoms with Gasteiger partial charge in [0.05, 0.1) is 11.4 Å². The second-order valence-electron chi connectivity index (χ2n) is 4.17. The summed E-state index contributed by atoms with van der Waals surface area (Å²) in [5.74, 6) is 2.19. The van der Waals surface area contributed by atoms with Gasteiger partial charge in [-0.1, -0.05) is 12.1 Å². The number of carbonyl (C=O) groups excluding carboxylic acids is 1. The van der Waals surface area contributed by atoms with Gasteiger partial charge in [-0.05, 0) is 27.2 Å². The van der Waals surface area contributed by atoms with Gasteiger partial charge < -0.3 is 9.84 Å². The molecule has 0 saturated carbocycles. The topological polar surface area (TPSA) is 55.1 Å². The minimum atomic E-state index is 0.0936. The van der Waals surface area contributed by atoms with Crippen molar-refractivity contribution in [2.45, 2.75) is 45.9 Å². The highest BCUT2D eigenvalue weighted by atomic mass is 32.2. The Labute approximate surface area is 107 Å². The molecule has 96 valence electrons. The Kier molecular flexibility index (Phi) is 5.55. The number of carbonyl (C=O) groups is 1. The molecule has 1 N–H and O–H groups in total. The molecule has 1 amide bonds. The zero-order valence-electron chi connectivity index (χ0n) is 10.9. The van der Waals surface area contributed by atoms with Crippen LogP contribution in [-0.4, -0.2) is 22.9 Å². The summed E-state index contributed by atoms with van der Waals surface area (Å²) in [7, 11) is 0. The number of rotatable bonds is 6. The lowest BCUT2D eigenvalue weighted by Crippen LogP contribution is -2.33. The summed E-state index contributed by atoms with van der Waals surface area (Å²) in [6.45, 7) is 7.89. The molecule has 0 saturated heterocycles. The summed E-state index contributed by atoms with van der Waals surface area (Å²) in [6, 6.07) is 0.252. The molecule has 1 aromatic heterocycles. The van der Waals surface area contributed by atoms with E-state index in [1.54, 1.807) is 11.8 Å². The van der Waals surface area contributed by atoms with E-state index in [9.17, 15) is 4.79 Å². The molecule has 0 fully saturated rings. The van der Waals surface area contributed by atoms with Crippen molar-refractivity contribution in [3.8, 4) is 0 Å². The largest absolute Gasteiger partial charge is 0.361 e. The van der Waals surface area contributed by atoms with Gasteiger partial charge in [0.1, 0.15) is 5.76 Å². The average molecular weight is 256 g/mol. The Balaban J connectivity index is 2.31. The Bertz CT molecular complexity index is 357. The smallest absolute Gasteiger partial charge is 0.230 e. The van der Waals surface area contributed by atoms with Crippen LogP contribution >= 0.6 is 11.8 Å². The van der Waals surface area contributed by atoms with Crippen LogP contribution in [0.25, 0.3) is 0 Å². The molecule has 1 aromatic rings. The molecule has 17 heavy (non-hydrogen) atoms. The maximum absolute atomic E-state index is 11.5. The Morgan fingerprint density at radius 2 is 2.24 bits per heavy atom. The molecule has 4 nitrogen and oxygen atoms in total. The van der Waals surface area contributed by atoms with Gasteiger partial charge in [-0.3, -0.25) is 4.79 Å². The Morgan fingerprint density at radius 3 is 2.76 bits per heavy atom. The summed E-state index contributed by atoms with van der Waals surface area (Å²) in [5.41, 5.74) is 2.02. The van der Waals surface area contributed by atoms with Crippen molar-refractivity contribution in [2.75, 3.05) is 5.75 Å². The van der Waals surface area contributed by atoms with E-state index in [1.807, 2.05) is 20.8 Å². The molecule has 5 heteroatoms. The van der Waals surface area contributed by atoms with Gasteiger partial charge in [-0.25, -0.2) is 0 Å². The van der Waals surface area contributed by atoms with E-state index in [4.69, 9.17) is 4.52 Å². The zero-order valence-corrected chi connectivity index (χ0v) is 11.7. The van der Waals surface area contributed by atoms with Gasteiger partial charge in [0.25, 0.3) is 0 Å². The highest BCUT2D eigenvalue weighted by molar-refractivity contribution is 7.99. The highest BCUT2D eigenvalue weighted by Crippen LogP contribution is 2.19. The maximum atomic E-state index is 11.5. The molecule has 0 aliphatic rings. The predicted molar refractivity (Wildman–Crippen MR) is 70.0 cm³/mol. The molecule has 0 bridgehead atoms. The third-order valence-electron chi connectivity index (χ3n) is 2.68. The van der Waals surface area contributed by atoms with Crippen LogP contribution in [0, 0.1) is 13.8 Å². The monoisotopic (exact) mass is 256 g/mol. The summed E-state index contributed by atoms with van der Waals surface area (Å²) >= 11 is 1.59. The lowest BCUT2D eigenvalue weighted by atomic mass is 10.2. The van der Waals surface area contributed by atoms with Gasteiger partial charge in [-0.15, -0.1) is 11.8 Å². The first-order chi connectivity index (χ1) is 8.04. The summed E-state index contributed by atoms with van der Waals surface area (Å²) in [4.78, 5) is 11.5. The minimum absolute atomic E-state index is 0.0936. The Hall–Kier alpha value is -0.970. The lowest BCUT2D eigenvalue weighted by Gasteiger charge is -2.10. The van der Waals surface area contributed by atoms with Crippen molar-refractivity contribution in [3.63, 3.8) is 0 Å². The summed E-state index contributed by atoms with van der Waals surface area (Å²) < 4.78 is 5.07. The number of aryl methyl sites for hydroxylation is 2. The van der Waals surface area contributed by atoms with Crippen LogP contribution in [0.5, 0.6) is 0 Å². The number of aromatic nitrogens is 1. The second kappa shape index (κ2) is 6.69. The molecule has 0 unspecified atom stereocenters. The normalized spacial score (nSPS) is 12.5. The number of hydrogen-bond acceptors (Lipinski definition) is 4. The fourth-order valence-corrected chi connectivity index (χ4v) is 2.36. The average Bonchev–Trinajstić information content (AvgIpc) is 2.60. The van der Waals surface area contributed by atoms with Crippen LogP contribution in [0.2, 0.25) is 0 Å². The SMILES string of the molecule is CC[C@H](C)NC(=O)CSCc1c(C)noc1C. The molecule has 1 heterocycles. The number of amides is 1. The van der Waals surface area contributed by atoms with Crippen molar-refractivity contribution in [3.05, 3.63) is 17.0 Å². The molecular formula is C12H20N2O2S. The quantitative estimate of drug-likeness (QED) is 0.849. The van der Waals surface area contributed by atoms with E-state index in [0.29, 0.717) is 5.75 Å². The minimum Gasteiger partial charge on any atom is -0.361 e. The third-order valence-corrected chi connectivity index (χ3v) is 3.64. The molecule has 0 spiro atoms. The number of hydrogen-bond donors (Lipinski definition) is 1. The van der Waals surface area contributed by atoms with E-state index >= 15 is 0 Å². The van der Waals surface area contributed by atoms with Crippen molar-refractivity contribution in [1.29, 1.82) is 0 Å². The van der Waals surface area contributed by atoms with Gasteiger partial charge >= 0.3 is 0 Å².